The van der Waals surface area contributed by atoms with Crippen molar-refractivity contribution < 1.29 is 34.9 Å². The Morgan fingerprint density at radius 3 is 2.47 bits per heavy atom. The number of aliphatic hydroxyl groups excluding tert-OH is 3. The van der Waals surface area contributed by atoms with Gasteiger partial charge in [-0.1, -0.05) is 6.92 Å². The number of hydrogen-bond acceptors (Lipinski definition) is 6. The molecule has 15 heavy (non-hydrogen) atoms. The molecule has 1 aliphatic rings. The summed E-state index contributed by atoms with van der Waals surface area (Å²) in [6.07, 6.45) is -3.74. The van der Waals surface area contributed by atoms with Crippen LogP contribution in [-0.4, -0.2) is 53.3 Å². The maximum Gasteiger partial charge on any atom is 0.344 e. The molecule has 7 heteroatoms. The van der Waals surface area contributed by atoms with E-state index >= 15 is 0 Å². The summed E-state index contributed by atoms with van der Waals surface area (Å²) in [5.74, 6) is -2.80. The molecule has 1 radical (unpaired) electrons. The van der Waals surface area contributed by atoms with E-state index in [1.54, 1.807) is 6.92 Å². The number of rotatable bonds is 3. The Morgan fingerprint density at radius 2 is 2.07 bits per heavy atom. The molecular weight excluding hydrogens is 208 g/mol. The highest BCUT2D eigenvalue weighted by molar-refractivity contribution is 4.90. The lowest BCUT2D eigenvalue weighted by atomic mass is 9.90. The third-order valence-electron chi connectivity index (χ3n) is 2.71. The summed E-state index contributed by atoms with van der Waals surface area (Å²) < 4.78 is 9.61. The van der Waals surface area contributed by atoms with Crippen molar-refractivity contribution in [3.8, 4) is 0 Å². The van der Waals surface area contributed by atoms with Crippen LogP contribution in [0.4, 0.5) is 0 Å². The molecule has 0 amide bonds. The second-order valence-corrected chi connectivity index (χ2v) is 3.52. The SMILES string of the molecule is CO[C@@]1(O[O])OC(CO)[C@@H](C)C(O)C1O. The zero-order chi connectivity index (χ0) is 11.6. The fraction of sp³-hybridized carbons (Fsp3) is 1.00. The topological polar surface area (TPSA) is 108 Å². The first-order chi connectivity index (χ1) is 7.02. The lowest BCUT2D eigenvalue weighted by molar-refractivity contribution is -0.555. The fourth-order valence-corrected chi connectivity index (χ4v) is 1.58. The summed E-state index contributed by atoms with van der Waals surface area (Å²) in [5, 5.41) is 38.6. The molecule has 0 bridgehead atoms. The lowest BCUT2D eigenvalue weighted by Crippen LogP contribution is -2.63. The largest absolute Gasteiger partial charge is 0.394 e. The molecule has 5 atom stereocenters. The van der Waals surface area contributed by atoms with E-state index in [0.29, 0.717) is 0 Å². The number of aliphatic hydroxyl groups is 3. The van der Waals surface area contributed by atoms with E-state index in [0.717, 1.165) is 7.11 Å². The van der Waals surface area contributed by atoms with E-state index in [4.69, 9.17) is 9.84 Å². The third kappa shape index (κ3) is 2.00. The Hall–Kier alpha value is -0.280. The highest BCUT2D eigenvalue weighted by atomic mass is 17.2. The van der Waals surface area contributed by atoms with Gasteiger partial charge < -0.3 is 24.8 Å². The van der Waals surface area contributed by atoms with E-state index in [-0.39, 0.29) is 0 Å². The highest BCUT2D eigenvalue weighted by Crippen LogP contribution is 2.34. The fourth-order valence-electron chi connectivity index (χ4n) is 1.58. The van der Waals surface area contributed by atoms with Crippen LogP contribution in [0.2, 0.25) is 0 Å². The van der Waals surface area contributed by atoms with Crippen LogP contribution in [0, 0.1) is 5.92 Å². The summed E-state index contributed by atoms with van der Waals surface area (Å²) in [6, 6.07) is 0. The van der Waals surface area contributed by atoms with Gasteiger partial charge in [0.2, 0.25) is 0 Å². The summed E-state index contributed by atoms with van der Waals surface area (Å²) in [5.41, 5.74) is 0. The van der Waals surface area contributed by atoms with Crippen molar-refractivity contribution in [1.29, 1.82) is 0 Å². The monoisotopic (exact) mass is 223 g/mol. The Kier molecular flexibility index (Phi) is 4.01. The molecule has 3 unspecified atom stereocenters. The molecule has 0 spiro atoms. The van der Waals surface area contributed by atoms with Crippen LogP contribution in [0.1, 0.15) is 6.92 Å². The van der Waals surface area contributed by atoms with Gasteiger partial charge in [-0.3, -0.25) is 0 Å². The Morgan fingerprint density at radius 1 is 1.47 bits per heavy atom. The average Bonchev–Trinajstić information content (AvgIpc) is 2.27. The van der Waals surface area contributed by atoms with Crippen molar-refractivity contribution in [3.05, 3.63) is 0 Å². The predicted octanol–water partition coefficient (Wildman–Crippen LogP) is -1.60. The first kappa shape index (κ1) is 12.8. The minimum Gasteiger partial charge on any atom is -0.394 e. The van der Waals surface area contributed by atoms with E-state index < -0.39 is 36.8 Å². The predicted molar refractivity (Wildman–Crippen MR) is 44.6 cm³/mol. The van der Waals surface area contributed by atoms with Crippen LogP contribution < -0.4 is 0 Å². The molecule has 0 saturated carbocycles. The molecule has 0 aromatic carbocycles. The van der Waals surface area contributed by atoms with Gasteiger partial charge in [-0.15, -0.1) is 4.89 Å². The highest BCUT2D eigenvalue weighted by Gasteiger charge is 2.55. The van der Waals surface area contributed by atoms with Crippen LogP contribution in [-0.2, 0) is 19.6 Å². The molecule has 0 aromatic heterocycles. The standard InChI is InChI=1S/C8H15O7/c1-4-5(3-9)14-8(13-2,15-12)7(11)6(4)10/h4-7,9-11H,3H2,1-2H3/t4-,5?,6?,7?,8-/m1/s1. The van der Waals surface area contributed by atoms with Crippen molar-refractivity contribution in [2.24, 2.45) is 5.92 Å². The zero-order valence-electron chi connectivity index (χ0n) is 8.49. The maximum atomic E-state index is 10.5. The Bertz CT molecular complexity index is 203. The van der Waals surface area contributed by atoms with Gasteiger partial charge in [0.25, 0.3) is 0 Å². The summed E-state index contributed by atoms with van der Waals surface area (Å²) in [7, 11) is 1.10. The van der Waals surface area contributed by atoms with Gasteiger partial charge in [-0.2, -0.15) is 0 Å². The van der Waals surface area contributed by atoms with Crippen molar-refractivity contribution in [2.45, 2.75) is 31.2 Å². The molecule has 1 aliphatic heterocycles. The molecule has 89 valence electrons. The van der Waals surface area contributed by atoms with Gasteiger partial charge in [-0.05, 0) is 5.26 Å². The van der Waals surface area contributed by atoms with E-state index in [1.807, 2.05) is 0 Å². The smallest absolute Gasteiger partial charge is 0.344 e. The molecule has 7 nitrogen and oxygen atoms in total. The minimum atomic E-state index is -2.26. The molecule has 0 aromatic rings. The average molecular weight is 223 g/mol. The number of hydrogen-bond donors (Lipinski definition) is 3. The Balaban J connectivity index is 2.91. The van der Waals surface area contributed by atoms with E-state index in [2.05, 4.69) is 9.62 Å². The van der Waals surface area contributed by atoms with E-state index in [1.165, 1.54) is 0 Å². The quantitative estimate of drug-likeness (QED) is 0.302. The van der Waals surface area contributed by atoms with Crippen LogP contribution in [0.5, 0.6) is 0 Å². The molecule has 1 rings (SSSR count). The second-order valence-electron chi connectivity index (χ2n) is 3.52. The van der Waals surface area contributed by atoms with Gasteiger partial charge >= 0.3 is 5.97 Å². The molecular formula is C8H15O7. The normalized spacial score (nSPS) is 46.8. The van der Waals surface area contributed by atoms with Gasteiger partial charge in [-0.25, -0.2) is 0 Å². The van der Waals surface area contributed by atoms with Gasteiger partial charge in [0.05, 0.1) is 18.8 Å². The van der Waals surface area contributed by atoms with Crippen molar-refractivity contribution in [1.82, 2.24) is 0 Å². The minimum absolute atomic E-state index is 0.417. The molecule has 1 saturated heterocycles. The summed E-state index contributed by atoms with van der Waals surface area (Å²) in [6.45, 7) is 1.15. The molecule has 0 aliphatic carbocycles. The van der Waals surface area contributed by atoms with Gasteiger partial charge in [0, 0.05) is 13.0 Å². The van der Waals surface area contributed by atoms with Crippen molar-refractivity contribution >= 4 is 0 Å². The molecule has 3 N–H and O–H groups in total. The third-order valence-corrected chi connectivity index (χ3v) is 2.71. The maximum absolute atomic E-state index is 10.5. The molecule has 1 heterocycles. The second kappa shape index (κ2) is 4.71. The lowest BCUT2D eigenvalue weighted by Gasteiger charge is -2.44. The van der Waals surface area contributed by atoms with Gasteiger partial charge in [0.1, 0.15) is 0 Å². The molecule has 1 fully saturated rings. The van der Waals surface area contributed by atoms with Crippen LogP contribution in [0.3, 0.4) is 0 Å². The number of ether oxygens (including phenoxy) is 2. The van der Waals surface area contributed by atoms with Crippen LogP contribution in [0.15, 0.2) is 0 Å². The van der Waals surface area contributed by atoms with E-state index in [9.17, 15) is 15.5 Å². The summed E-state index contributed by atoms with van der Waals surface area (Å²) >= 11 is 0. The first-order valence-electron chi connectivity index (χ1n) is 4.53. The zero-order valence-corrected chi connectivity index (χ0v) is 8.49. The number of methoxy groups -OCH3 is 1. The van der Waals surface area contributed by atoms with Crippen LogP contribution in [0.25, 0.3) is 0 Å². The van der Waals surface area contributed by atoms with Crippen molar-refractivity contribution in [2.75, 3.05) is 13.7 Å². The Labute approximate surface area is 86.7 Å². The van der Waals surface area contributed by atoms with Gasteiger partial charge in [0.15, 0.2) is 6.10 Å². The van der Waals surface area contributed by atoms with Crippen LogP contribution >= 0.6 is 0 Å². The van der Waals surface area contributed by atoms with Crippen molar-refractivity contribution in [3.63, 3.8) is 0 Å². The summed E-state index contributed by atoms with van der Waals surface area (Å²) in [4.78, 5) is 3.68. The first-order valence-corrected chi connectivity index (χ1v) is 4.53.